The van der Waals surface area contributed by atoms with E-state index in [-0.39, 0.29) is 6.10 Å². The highest BCUT2D eigenvalue weighted by Gasteiger charge is 2.23. The number of benzene rings is 1. The molecule has 2 N–H and O–H groups in total. The number of nitrogens with zero attached hydrogens (tertiary/aromatic N) is 2. The molecule has 2 heterocycles. The maximum absolute atomic E-state index is 5.95. The van der Waals surface area contributed by atoms with Crippen LogP contribution in [0.5, 0.6) is 0 Å². The summed E-state index contributed by atoms with van der Waals surface area (Å²) in [6.07, 6.45) is 1.04. The van der Waals surface area contributed by atoms with Crippen LogP contribution in [0.4, 0.5) is 0 Å². The van der Waals surface area contributed by atoms with E-state index in [9.17, 15) is 0 Å². The molecule has 1 aromatic heterocycles. The largest absolute Gasteiger partial charge is 0.379 e. The van der Waals surface area contributed by atoms with E-state index in [0.29, 0.717) is 12.6 Å². The lowest BCUT2D eigenvalue weighted by Gasteiger charge is -2.34. The number of thiophene rings is 1. The van der Waals surface area contributed by atoms with Crippen molar-refractivity contribution in [3.05, 3.63) is 58.3 Å². The predicted molar refractivity (Wildman–Crippen MR) is 124 cm³/mol. The molecule has 164 valence electrons. The lowest BCUT2D eigenvalue weighted by Crippen LogP contribution is -2.46. The van der Waals surface area contributed by atoms with Crippen molar-refractivity contribution in [2.75, 3.05) is 53.0 Å². The first kappa shape index (κ1) is 22.7. The first-order chi connectivity index (χ1) is 14.8. The van der Waals surface area contributed by atoms with Crippen molar-refractivity contribution < 1.29 is 9.47 Å². The van der Waals surface area contributed by atoms with Gasteiger partial charge in [-0.05, 0) is 30.4 Å². The molecule has 2 unspecified atom stereocenters. The van der Waals surface area contributed by atoms with Gasteiger partial charge in [-0.1, -0.05) is 36.4 Å². The first-order valence-electron chi connectivity index (χ1n) is 10.7. The topological polar surface area (TPSA) is 58.1 Å². The van der Waals surface area contributed by atoms with E-state index < -0.39 is 0 Å². The number of nitrogens with one attached hydrogen (secondary N) is 2. The summed E-state index contributed by atoms with van der Waals surface area (Å²) in [6.45, 7) is 7.99. The van der Waals surface area contributed by atoms with Crippen LogP contribution >= 0.6 is 11.3 Å². The summed E-state index contributed by atoms with van der Waals surface area (Å²) in [7, 11) is 1.82. The van der Waals surface area contributed by atoms with Crippen LogP contribution in [0.2, 0.25) is 0 Å². The molecule has 6 nitrogen and oxygen atoms in total. The van der Waals surface area contributed by atoms with Crippen molar-refractivity contribution in [1.29, 1.82) is 0 Å². The fraction of sp³-hybridized carbons (Fsp3) is 0.522. The minimum atomic E-state index is 0.115. The molecule has 1 fully saturated rings. The fourth-order valence-corrected chi connectivity index (χ4v) is 4.41. The fourth-order valence-electron chi connectivity index (χ4n) is 3.55. The number of rotatable bonds is 10. The number of aliphatic imine (C=N–C) groups is 1. The van der Waals surface area contributed by atoms with Crippen LogP contribution < -0.4 is 10.6 Å². The zero-order valence-electron chi connectivity index (χ0n) is 18.0. The van der Waals surface area contributed by atoms with Crippen LogP contribution in [0.1, 0.15) is 35.9 Å². The number of hydrogen-bond donors (Lipinski definition) is 2. The van der Waals surface area contributed by atoms with Crippen LogP contribution in [-0.4, -0.2) is 63.9 Å². The van der Waals surface area contributed by atoms with Gasteiger partial charge in [0.15, 0.2) is 5.96 Å². The van der Waals surface area contributed by atoms with Gasteiger partial charge >= 0.3 is 0 Å². The standard InChI is InChI=1S/C23H34N4O2S/c1-19(20-8-4-3-5-9-20)29-14-7-11-25-23(24-2)26-18-21(22-10-6-17-30-22)27-12-15-28-16-13-27/h3-6,8-10,17,19,21H,7,11-16,18H2,1-2H3,(H2,24,25,26). The molecule has 1 saturated heterocycles. The second kappa shape index (κ2) is 12.7. The zero-order valence-corrected chi connectivity index (χ0v) is 18.9. The molecule has 1 aliphatic heterocycles. The number of morpholine rings is 1. The Morgan fingerprint density at radius 3 is 2.67 bits per heavy atom. The van der Waals surface area contributed by atoms with Gasteiger partial charge in [-0.3, -0.25) is 9.89 Å². The van der Waals surface area contributed by atoms with E-state index in [0.717, 1.165) is 51.8 Å². The number of ether oxygens (including phenoxy) is 2. The van der Waals surface area contributed by atoms with Gasteiger partial charge in [0.2, 0.25) is 0 Å². The Bertz CT molecular complexity index is 733. The van der Waals surface area contributed by atoms with Gasteiger partial charge in [0, 0.05) is 44.7 Å². The third kappa shape index (κ3) is 7.09. The molecular weight excluding hydrogens is 396 g/mol. The van der Waals surface area contributed by atoms with Crippen LogP contribution in [0.3, 0.4) is 0 Å². The Morgan fingerprint density at radius 1 is 1.17 bits per heavy atom. The van der Waals surface area contributed by atoms with Crippen molar-refractivity contribution in [3.8, 4) is 0 Å². The minimum absolute atomic E-state index is 0.115. The van der Waals surface area contributed by atoms with Crippen molar-refractivity contribution >= 4 is 17.3 Å². The monoisotopic (exact) mass is 430 g/mol. The molecule has 2 aromatic rings. The summed E-state index contributed by atoms with van der Waals surface area (Å²) in [6, 6.07) is 15.0. The minimum Gasteiger partial charge on any atom is -0.379 e. The van der Waals surface area contributed by atoms with Gasteiger partial charge in [0.25, 0.3) is 0 Å². The molecule has 0 radical (unpaired) electrons. The maximum Gasteiger partial charge on any atom is 0.191 e. The van der Waals surface area contributed by atoms with Crippen molar-refractivity contribution in [2.24, 2.45) is 4.99 Å². The van der Waals surface area contributed by atoms with Gasteiger partial charge in [-0.25, -0.2) is 0 Å². The van der Waals surface area contributed by atoms with Gasteiger partial charge in [0.05, 0.1) is 25.4 Å². The second-order valence-electron chi connectivity index (χ2n) is 7.34. The molecular formula is C23H34N4O2S. The van der Waals surface area contributed by atoms with E-state index in [4.69, 9.17) is 9.47 Å². The Balaban J connectivity index is 1.39. The van der Waals surface area contributed by atoms with Crippen LogP contribution in [0.15, 0.2) is 52.8 Å². The molecule has 0 bridgehead atoms. The average molecular weight is 431 g/mol. The number of hydrogen-bond acceptors (Lipinski definition) is 5. The Labute approximate surface area is 184 Å². The van der Waals surface area contributed by atoms with Gasteiger partial charge in [-0.15, -0.1) is 11.3 Å². The third-order valence-electron chi connectivity index (χ3n) is 5.29. The van der Waals surface area contributed by atoms with Crippen LogP contribution in [0, 0.1) is 0 Å². The maximum atomic E-state index is 5.95. The molecule has 2 atom stereocenters. The van der Waals surface area contributed by atoms with Crippen LogP contribution in [0.25, 0.3) is 0 Å². The first-order valence-corrected chi connectivity index (χ1v) is 11.6. The molecule has 7 heteroatoms. The van der Waals surface area contributed by atoms with Gasteiger partial charge in [0.1, 0.15) is 0 Å². The summed E-state index contributed by atoms with van der Waals surface area (Å²) in [5.41, 5.74) is 1.21. The summed E-state index contributed by atoms with van der Waals surface area (Å²) in [4.78, 5) is 8.25. The molecule has 0 aliphatic carbocycles. The summed E-state index contributed by atoms with van der Waals surface area (Å²) >= 11 is 1.81. The highest BCUT2D eigenvalue weighted by Crippen LogP contribution is 2.25. The SMILES string of the molecule is CN=C(NCCCOC(C)c1ccccc1)NCC(c1cccs1)N1CCOCC1. The van der Waals surface area contributed by atoms with E-state index >= 15 is 0 Å². The van der Waals surface area contributed by atoms with E-state index in [1.807, 2.05) is 36.6 Å². The molecule has 1 aromatic carbocycles. The molecule has 30 heavy (non-hydrogen) atoms. The lowest BCUT2D eigenvalue weighted by atomic mass is 10.1. The second-order valence-corrected chi connectivity index (χ2v) is 8.32. The Kier molecular flexibility index (Phi) is 9.63. The van der Waals surface area contributed by atoms with Crippen LogP contribution in [-0.2, 0) is 9.47 Å². The predicted octanol–water partition coefficient (Wildman–Crippen LogP) is 3.45. The lowest BCUT2D eigenvalue weighted by molar-refractivity contribution is 0.0177. The molecule has 3 rings (SSSR count). The smallest absolute Gasteiger partial charge is 0.191 e. The van der Waals surface area contributed by atoms with E-state index in [1.165, 1.54) is 10.4 Å². The summed E-state index contributed by atoms with van der Waals surface area (Å²) in [5.74, 6) is 0.834. The summed E-state index contributed by atoms with van der Waals surface area (Å²) < 4.78 is 11.5. The highest BCUT2D eigenvalue weighted by molar-refractivity contribution is 7.10. The van der Waals surface area contributed by atoms with Gasteiger partial charge < -0.3 is 20.1 Å². The molecule has 1 aliphatic rings. The van der Waals surface area contributed by atoms with Crippen molar-refractivity contribution in [1.82, 2.24) is 15.5 Å². The average Bonchev–Trinajstić information content (AvgIpc) is 3.33. The molecule has 0 amide bonds. The molecule has 0 spiro atoms. The van der Waals surface area contributed by atoms with E-state index in [2.05, 4.69) is 57.1 Å². The van der Waals surface area contributed by atoms with E-state index in [1.54, 1.807) is 0 Å². The number of guanidine groups is 1. The highest BCUT2D eigenvalue weighted by atomic mass is 32.1. The zero-order chi connectivity index (χ0) is 21.0. The molecule has 0 saturated carbocycles. The van der Waals surface area contributed by atoms with Crippen molar-refractivity contribution in [3.63, 3.8) is 0 Å². The normalized spacial score (nSPS) is 17.5. The summed E-state index contributed by atoms with van der Waals surface area (Å²) in [5, 5.41) is 9.05. The Morgan fingerprint density at radius 2 is 1.97 bits per heavy atom. The Hall–Kier alpha value is -1.93. The quantitative estimate of drug-likeness (QED) is 0.343. The van der Waals surface area contributed by atoms with Crippen molar-refractivity contribution in [2.45, 2.75) is 25.5 Å². The third-order valence-corrected chi connectivity index (χ3v) is 6.27. The van der Waals surface area contributed by atoms with Gasteiger partial charge in [-0.2, -0.15) is 0 Å².